The summed E-state index contributed by atoms with van der Waals surface area (Å²) in [6, 6.07) is 9.81. The Hall–Kier alpha value is -0.860. The second kappa shape index (κ2) is 4.11. The summed E-state index contributed by atoms with van der Waals surface area (Å²) in [6.07, 6.45) is 0.871. The molecule has 1 N–H and O–H groups in total. The topological polar surface area (TPSA) is 29.5 Å². The molecule has 0 aliphatic carbocycles. The van der Waals surface area contributed by atoms with Gasteiger partial charge in [-0.05, 0) is 18.9 Å². The van der Waals surface area contributed by atoms with Gasteiger partial charge in [0, 0.05) is 5.92 Å². The highest BCUT2D eigenvalue weighted by atomic mass is 16.5. The number of aliphatic hydroxyl groups is 1. The van der Waals surface area contributed by atoms with Crippen molar-refractivity contribution in [3.63, 3.8) is 0 Å². The molecule has 1 saturated heterocycles. The zero-order valence-electron chi connectivity index (χ0n) is 8.39. The van der Waals surface area contributed by atoms with Gasteiger partial charge in [0.05, 0.1) is 18.8 Å². The lowest BCUT2D eigenvalue weighted by atomic mass is 9.94. The Bertz CT molecular complexity index is 284. The van der Waals surface area contributed by atoms with Gasteiger partial charge in [-0.3, -0.25) is 0 Å². The highest BCUT2D eigenvalue weighted by Gasteiger charge is 2.28. The largest absolute Gasteiger partial charge is 0.388 e. The number of benzene rings is 1. The predicted octanol–water partition coefficient (Wildman–Crippen LogP) is 2.14. The molecular formula is C12H16O2. The highest BCUT2D eigenvalue weighted by Crippen LogP contribution is 2.31. The van der Waals surface area contributed by atoms with E-state index in [1.807, 2.05) is 30.3 Å². The summed E-state index contributed by atoms with van der Waals surface area (Å²) in [5, 5.41) is 10.1. The molecule has 0 aromatic heterocycles. The summed E-state index contributed by atoms with van der Waals surface area (Å²) in [7, 11) is 0. The van der Waals surface area contributed by atoms with E-state index in [1.165, 1.54) is 0 Å². The van der Waals surface area contributed by atoms with Crippen LogP contribution in [0.1, 0.15) is 25.0 Å². The Balaban J connectivity index is 2.05. The average Bonchev–Trinajstić information content (AvgIpc) is 2.65. The molecule has 76 valence electrons. The summed E-state index contributed by atoms with van der Waals surface area (Å²) in [5.74, 6) is 0.257. The Morgan fingerprint density at radius 2 is 2.07 bits per heavy atom. The van der Waals surface area contributed by atoms with E-state index in [0.29, 0.717) is 12.7 Å². The van der Waals surface area contributed by atoms with E-state index in [4.69, 9.17) is 4.74 Å². The minimum absolute atomic E-state index is 0.257. The van der Waals surface area contributed by atoms with Crippen LogP contribution in [0.15, 0.2) is 30.3 Å². The van der Waals surface area contributed by atoms with Crippen molar-refractivity contribution < 1.29 is 9.84 Å². The minimum Gasteiger partial charge on any atom is -0.388 e. The van der Waals surface area contributed by atoms with Crippen LogP contribution in [-0.2, 0) is 4.74 Å². The maximum Gasteiger partial charge on any atom is 0.0841 e. The van der Waals surface area contributed by atoms with E-state index < -0.39 is 0 Å². The normalized spacial score (nSPS) is 29.0. The molecular weight excluding hydrogens is 176 g/mol. The van der Waals surface area contributed by atoms with Crippen molar-refractivity contribution in [2.75, 3.05) is 6.61 Å². The molecule has 0 saturated carbocycles. The molecule has 0 spiro atoms. The van der Waals surface area contributed by atoms with Crippen molar-refractivity contribution in [1.82, 2.24) is 0 Å². The molecule has 1 aromatic carbocycles. The van der Waals surface area contributed by atoms with Gasteiger partial charge in [0.2, 0.25) is 0 Å². The third-order valence-corrected chi connectivity index (χ3v) is 2.82. The minimum atomic E-state index is -0.374. The van der Waals surface area contributed by atoms with Gasteiger partial charge in [-0.1, -0.05) is 30.3 Å². The van der Waals surface area contributed by atoms with Crippen LogP contribution >= 0.6 is 0 Å². The molecule has 1 fully saturated rings. The van der Waals surface area contributed by atoms with Crippen LogP contribution in [0.5, 0.6) is 0 Å². The van der Waals surface area contributed by atoms with Crippen molar-refractivity contribution in [3.8, 4) is 0 Å². The van der Waals surface area contributed by atoms with Gasteiger partial charge in [-0.15, -0.1) is 0 Å². The summed E-state index contributed by atoms with van der Waals surface area (Å²) in [5.41, 5.74) is 0.996. The van der Waals surface area contributed by atoms with Gasteiger partial charge in [0.1, 0.15) is 0 Å². The lowest BCUT2D eigenvalue weighted by Gasteiger charge is -2.16. The zero-order chi connectivity index (χ0) is 9.97. The Kier molecular flexibility index (Phi) is 2.85. The zero-order valence-corrected chi connectivity index (χ0v) is 8.39. The first-order valence-electron chi connectivity index (χ1n) is 5.12. The van der Waals surface area contributed by atoms with Gasteiger partial charge in [0.15, 0.2) is 0 Å². The molecule has 3 unspecified atom stereocenters. The van der Waals surface area contributed by atoms with Gasteiger partial charge in [0.25, 0.3) is 0 Å². The number of ether oxygens (including phenoxy) is 1. The van der Waals surface area contributed by atoms with Crippen molar-refractivity contribution >= 4 is 0 Å². The maximum absolute atomic E-state index is 10.1. The summed E-state index contributed by atoms with van der Waals surface area (Å²) in [6.45, 7) is 2.73. The van der Waals surface area contributed by atoms with E-state index in [2.05, 4.69) is 6.92 Å². The molecule has 3 atom stereocenters. The van der Waals surface area contributed by atoms with E-state index in [1.54, 1.807) is 0 Å². The van der Waals surface area contributed by atoms with Crippen molar-refractivity contribution in [3.05, 3.63) is 35.9 Å². The SMILES string of the molecule is CC1CC(C(O)c2ccccc2)CO1. The third kappa shape index (κ3) is 1.97. The van der Waals surface area contributed by atoms with Crippen LogP contribution in [0, 0.1) is 5.92 Å². The number of rotatable bonds is 2. The van der Waals surface area contributed by atoms with Crippen LogP contribution in [0.2, 0.25) is 0 Å². The van der Waals surface area contributed by atoms with E-state index in [0.717, 1.165) is 12.0 Å². The Morgan fingerprint density at radius 3 is 2.64 bits per heavy atom. The lowest BCUT2D eigenvalue weighted by Crippen LogP contribution is -2.12. The lowest BCUT2D eigenvalue weighted by molar-refractivity contribution is 0.0804. The Labute approximate surface area is 84.5 Å². The van der Waals surface area contributed by atoms with Crippen LogP contribution in [0.3, 0.4) is 0 Å². The fourth-order valence-electron chi connectivity index (χ4n) is 1.99. The van der Waals surface area contributed by atoms with E-state index in [-0.39, 0.29) is 12.0 Å². The van der Waals surface area contributed by atoms with Crippen LogP contribution in [0.25, 0.3) is 0 Å². The first-order chi connectivity index (χ1) is 6.77. The Morgan fingerprint density at radius 1 is 1.36 bits per heavy atom. The van der Waals surface area contributed by atoms with Crippen LogP contribution < -0.4 is 0 Å². The molecule has 2 nitrogen and oxygen atoms in total. The van der Waals surface area contributed by atoms with E-state index in [9.17, 15) is 5.11 Å². The van der Waals surface area contributed by atoms with Crippen molar-refractivity contribution in [2.45, 2.75) is 25.6 Å². The molecule has 0 amide bonds. The second-order valence-corrected chi connectivity index (χ2v) is 4.00. The quantitative estimate of drug-likeness (QED) is 0.778. The molecule has 1 aromatic rings. The van der Waals surface area contributed by atoms with Crippen molar-refractivity contribution in [2.24, 2.45) is 5.92 Å². The smallest absolute Gasteiger partial charge is 0.0841 e. The maximum atomic E-state index is 10.1. The number of aliphatic hydroxyl groups excluding tert-OH is 1. The van der Waals surface area contributed by atoms with Gasteiger partial charge in [-0.25, -0.2) is 0 Å². The average molecular weight is 192 g/mol. The van der Waals surface area contributed by atoms with Crippen molar-refractivity contribution in [1.29, 1.82) is 0 Å². The summed E-state index contributed by atoms with van der Waals surface area (Å²) < 4.78 is 5.45. The monoisotopic (exact) mass is 192 g/mol. The van der Waals surface area contributed by atoms with Gasteiger partial charge >= 0.3 is 0 Å². The molecule has 2 heteroatoms. The first kappa shape index (κ1) is 9.69. The van der Waals surface area contributed by atoms with E-state index >= 15 is 0 Å². The molecule has 1 heterocycles. The van der Waals surface area contributed by atoms with Crippen LogP contribution in [-0.4, -0.2) is 17.8 Å². The number of hydrogen-bond donors (Lipinski definition) is 1. The predicted molar refractivity (Wildman–Crippen MR) is 54.9 cm³/mol. The van der Waals surface area contributed by atoms with Gasteiger partial charge in [-0.2, -0.15) is 0 Å². The molecule has 1 aliphatic rings. The van der Waals surface area contributed by atoms with Gasteiger partial charge < -0.3 is 9.84 Å². The van der Waals surface area contributed by atoms with Crippen LogP contribution in [0.4, 0.5) is 0 Å². The molecule has 1 aliphatic heterocycles. The fraction of sp³-hybridized carbons (Fsp3) is 0.500. The second-order valence-electron chi connectivity index (χ2n) is 4.00. The highest BCUT2D eigenvalue weighted by molar-refractivity contribution is 5.18. The molecule has 0 bridgehead atoms. The summed E-state index contributed by atoms with van der Waals surface area (Å²) >= 11 is 0. The standard InChI is InChI=1S/C12H16O2/c1-9-7-11(8-14-9)12(13)10-5-3-2-4-6-10/h2-6,9,11-13H,7-8H2,1H3. The molecule has 2 rings (SSSR count). The fourth-order valence-corrected chi connectivity index (χ4v) is 1.99. The number of hydrogen-bond acceptors (Lipinski definition) is 2. The third-order valence-electron chi connectivity index (χ3n) is 2.82. The molecule has 14 heavy (non-hydrogen) atoms. The molecule has 0 radical (unpaired) electrons. The summed E-state index contributed by atoms with van der Waals surface area (Å²) in [4.78, 5) is 0. The first-order valence-corrected chi connectivity index (χ1v) is 5.12.